The fraction of sp³-hybridized carbons (Fsp3) is 0.520. The summed E-state index contributed by atoms with van der Waals surface area (Å²) in [6.07, 6.45) is -4.24. The average molecular weight is 507 g/mol. The van der Waals surface area contributed by atoms with Crippen molar-refractivity contribution in [1.29, 1.82) is 0 Å². The Labute approximate surface area is 207 Å². The maximum Gasteiger partial charge on any atom is 0.334 e. The minimum atomic E-state index is -1.68. The highest BCUT2D eigenvalue weighted by Gasteiger charge is 2.58. The second kappa shape index (κ2) is 10.7. The number of carboxylic acids is 1. The Morgan fingerprint density at radius 1 is 1.11 bits per heavy atom. The van der Waals surface area contributed by atoms with Gasteiger partial charge in [-0.05, 0) is 31.4 Å². The Balaban J connectivity index is 1.56. The van der Waals surface area contributed by atoms with Gasteiger partial charge in [0.2, 0.25) is 6.29 Å². The van der Waals surface area contributed by atoms with Gasteiger partial charge in [0.05, 0.1) is 24.4 Å². The molecule has 1 unspecified atom stereocenters. The van der Waals surface area contributed by atoms with E-state index in [2.05, 4.69) is 0 Å². The summed E-state index contributed by atoms with van der Waals surface area (Å²) in [6.45, 7) is 1.01. The van der Waals surface area contributed by atoms with Crippen molar-refractivity contribution < 1.29 is 54.1 Å². The number of rotatable bonds is 7. The van der Waals surface area contributed by atoms with E-state index in [9.17, 15) is 35.1 Å². The van der Waals surface area contributed by atoms with E-state index in [1.807, 2.05) is 30.3 Å². The number of fused-ring (bicyclic) bond motifs is 1. The molecule has 0 amide bonds. The van der Waals surface area contributed by atoms with E-state index in [0.717, 1.165) is 11.8 Å². The molecule has 1 aliphatic carbocycles. The molecule has 1 saturated carbocycles. The van der Waals surface area contributed by atoms with Crippen LogP contribution in [0, 0.1) is 11.8 Å². The Kier molecular flexibility index (Phi) is 7.79. The predicted molar refractivity (Wildman–Crippen MR) is 122 cm³/mol. The van der Waals surface area contributed by atoms with Crippen molar-refractivity contribution in [2.45, 2.75) is 62.4 Å². The molecule has 4 rings (SSSR count). The number of aliphatic hydroxyl groups excluding tert-OH is 4. The van der Waals surface area contributed by atoms with Crippen molar-refractivity contribution in [2.24, 2.45) is 11.8 Å². The fourth-order valence-corrected chi connectivity index (χ4v) is 5.10. The van der Waals surface area contributed by atoms with Crippen LogP contribution in [0.2, 0.25) is 0 Å². The average Bonchev–Trinajstić information content (AvgIpc) is 3.20. The van der Waals surface area contributed by atoms with Crippen molar-refractivity contribution in [3.63, 3.8) is 0 Å². The zero-order valence-corrected chi connectivity index (χ0v) is 19.5. The second-order valence-electron chi connectivity index (χ2n) is 9.36. The molecule has 9 atom stereocenters. The van der Waals surface area contributed by atoms with Crippen molar-refractivity contribution in [3.8, 4) is 0 Å². The lowest BCUT2D eigenvalue weighted by Gasteiger charge is -2.44. The van der Waals surface area contributed by atoms with Crippen LogP contribution in [0.5, 0.6) is 0 Å². The summed E-state index contributed by atoms with van der Waals surface area (Å²) in [5.41, 5.74) is -0.408. The maximum atomic E-state index is 12.7. The van der Waals surface area contributed by atoms with Gasteiger partial charge in [-0.25, -0.2) is 9.59 Å². The molecule has 0 bridgehead atoms. The number of aliphatic carboxylic acids is 1. The number of hydrogen-bond acceptors (Lipinski definition) is 10. The van der Waals surface area contributed by atoms with Crippen molar-refractivity contribution in [1.82, 2.24) is 0 Å². The van der Waals surface area contributed by atoms with Crippen LogP contribution in [-0.2, 0) is 28.5 Å². The molecular formula is C25H30O11. The lowest BCUT2D eigenvalue weighted by atomic mass is 9.81. The maximum absolute atomic E-state index is 12.7. The van der Waals surface area contributed by atoms with E-state index >= 15 is 0 Å². The zero-order valence-electron chi connectivity index (χ0n) is 19.5. The molecule has 2 heterocycles. The normalized spacial score (nSPS) is 38.2. The number of ether oxygens (including phenoxy) is 4. The van der Waals surface area contributed by atoms with Gasteiger partial charge in [0.1, 0.15) is 30.0 Å². The summed E-state index contributed by atoms with van der Waals surface area (Å²) in [6, 6.07) is 9.14. The second-order valence-corrected chi connectivity index (χ2v) is 9.36. The lowest BCUT2D eigenvalue weighted by Crippen LogP contribution is -2.60. The largest absolute Gasteiger partial charge is 0.478 e. The summed E-state index contributed by atoms with van der Waals surface area (Å²) in [5.74, 6) is -3.21. The smallest absolute Gasteiger partial charge is 0.334 e. The molecule has 11 nitrogen and oxygen atoms in total. The number of carbonyl (C=O) groups excluding carboxylic acids is 1. The van der Waals surface area contributed by atoms with Gasteiger partial charge in [0.25, 0.3) is 0 Å². The van der Waals surface area contributed by atoms with E-state index < -0.39 is 73.0 Å². The van der Waals surface area contributed by atoms with E-state index in [1.54, 1.807) is 13.0 Å². The molecule has 196 valence electrons. The summed E-state index contributed by atoms with van der Waals surface area (Å²) in [7, 11) is 0. The molecule has 2 aliphatic heterocycles. The van der Waals surface area contributed by atoms with Gasteiger partial charge in [-0.2, -0.15) is 0 Å². The molecule has 1 aromatic rings. The minimum Gasteiger partial charge on any atom is -0.478 e. The lowest BCUT2D eigenvalue weighted by molar-refractivity contribution is -0.346. The van der Waals surface area contributed by atoms with Crippen LogP contribution >= 0.6 is 0 Å². The monoisotopic (exact) mass is 506 g/mol. The van der Waals surface area contributed by atoms with Gasteiger partial charge in [-0.15, -0.1) is 0 Å². The standard InChI is InChI=1S/C25H30O11/c1-25(36-17(27)8-7-13-5-3-2-4-6-13)10-9-14-15(22(31)32)12-33-23(18(14)25)35-24-21(30)20(29)19(28)16(11-26)34-24/h2-8,12,14,16,18-21,23-24,26,28-30H,9-11H2,1H3,(H,31,32)/b8-7+/t14-,16-,18?,19-,20+,21-,23+,24+,25+/m1/s1. The van der Waals surface area contributed by atoms with Gasteiger partial charge >= 0.3 is 11.9 Å². The molecular weight excluding hydrogens is 476 g/mol. The Hall–Kier alpha value is -2.80. The number of carbonyl (C=O) groups is 2. The molecule has 2 fully saturated rings. The zero-order chi connectivity index (χ0) is 26.0. The fourth-order valence-electron chi connectivity index (χ4n) is 5.10. The molecule has 3 aliphatic rings. The summed E-state index contributed by atoms with van der Waals surface area (Å²) in [4.78, 5) is 24.5. The summed E-state index contributed by atoms with van der Waals surface area (Å²) < 4.78 is 22.6. The van der Waals surface area contributed by atoms with Gasteiger partial charge in [0.15, 0.2) is 6.29 Å². The molecule has 1 saturated heterocycles. The summed E-state index contributed by atoms with van der Waals surface area (Å²) in [5, 5.41) is 49.6. The van der Waals surface area contributed by atoms with Crippen LogP contribution in [0.25, 0.3) is 6.08 Å². The van der Waals surface area contributed by atoms with Crippen molar-refractivity contribution >= 4 is 18.0 Å². The van der Waals surface area contributed by atoms with E-state index in [4.69, 9.17) is 18.9 Å². The van der Waals surface area contributed by atoms with Gasteiger partial charge in [0, 0.05) is 12.0 Å². The molecule has 11 heteroatoms. The Bertz CT molecular complexity index is 1010. The minimum absolute atomic E-state index is 0.00625. The highest BCUT2D eigenvalue weighted by Crippen LogP contribution is 2.51. The first-order valence-electron chi connectivity index (χ1n) is 11.7. The molecule has 0 spiro atoms. The van der Waals surface area contributed by atoms with E-state index in [1.165, 1.54) is 6.08 Å². The Morgan fingerprint density at radius 3 is 2.50 bits per heavy atom. The van der Waals surface area contributed by atoms with Gasteiger partial charge < -0.3 is 44.5 Å². The highest BCUT2D eigenvalue weighted by atomic mass is 16.8. The van der Waals surface area contributed by atoms with E-state index in [0.29, 0.717) is 12.8 Å². The van der Waals surface area contributed by atoms with Crippen LogP contribution in [-0.4, -0.2) is 86.7 Å². The number of aliphatic hydroxyl groups is 4. The van der Waals surface area contributed by atoms with Gasteiger partial charge in [-0.1, -0.05) is 30.3 Å². The third-order valence-corrected chi connectivity index (χ3v) is 7.02. The third-order valence-electron chi connectivity index (χ3n) is 7.02. The van der Waals surface area contributed by atoms with Crippen LogP contribution in [0.15, 0.2) is 48.2 Å². The van der Waals surface area contributed by atoms with Crippen LogP contribution < -0.4 is 0 Å². The number of carboxylic acid groups (broad SMARTS) is 1. The van der Waals surface area contributed by atoms with E-state index in [-0.39, 0.29) is 5.57 Å². The quantitative estimate of drug-likeness (QED) is 0.252. The first-order chi connectivity index (χ1) is 17.1. The summed E-state index contributed by atoms with van der Waals surface area (Å²) >= 11 is 0. The number of esters is 1. The first kappa shape index (κ1) is 26.3. The SMILES string of the molecule is C[C@]1(OC(=O)/C=C/c2ccccc2)CC[C@@H]2C(C(=O)O)=CO[C@@H](O[C@@H]3O[C@H](CO)[C@@H](O)[C@H](O)[C@H]3O)C21. The van der Waals surface area contributed by atoms with Crippen molar-refractivity contribution in [3.05, 3.63) is 53.8 Å². The highest BCUT2D eigenvalue weighted by molar-refractivity contribution is 5.88. The topological polar surface area (TPSA) is 172 Å². The first-order valence-corrected chi connectivity index (χ1v) is 11.7. The Morgan fingerprint density at radius 2 is 1.83 bits per heavy atom. The van der Waals surface area contributed by atoms with Crippen LogP contribution in [0.1, 0.15) is 25.3 Å². The van der Waals surface area contributed by atoms with Crippen LogP contribution in [0.3, 0.4) is 0 Å². The predicted octanol–water partition coefficient (Wildman–Crippen LogP) is 0.169. The number of benzene rings is 1. The molecule has 0 radical (unpaired) electrons. The number of hydrogen-bond donors (Lipinski definition) is 5. The van der Waals surface area contributed by atoms with Crippen molar-refractivity contribution in [2.75, 3.05) is 6.61 Å². The molecule has 1 aromatic carbocycles. The molecule has 5 N–H and O–H groups in total. The molecule has 36 heavy (non-hydrogen) atoms. The third kappa shape index (κ3) is 5.17. The molecule has 0 aromatic heterocycles. The van der Waals surface area contributed by atoms with Crippen LogP contribution in [0.4, 0.5) is 0 Å². The van der Waals surface area contributed by atoms with Gasteiger partial charge in [-0.3, -0.25) is 0 Å².